The van der Waals surface area contributed by atoms with Gasteiger partial charge in [-0.25, -0.2) is 4.98 Å². The Morgan fingerprint density at radius 1 is 1.21 bits per heavy atom. The Bertz CT molecular complexity index is 839. The van der Waals surface area contributed by atoms with E-state index in [2.05, 4.69) is 15.2 Å². The van der Waals surface area contributed by atoms with E-state index in [4.69, 9.17) is 0 Å². The summed E-state index contributed by atoms with van der Waals surface area (Å²) in [6.07, 6.45) is 1.26. The highest BCUT2D eigenvalue weighted by Gasteiger charge is 2.31. The second-order valence-electron chi connectivity index (χ2n) is 7.56. The van der Waals surface area contributed by atoms with Gasteiger partial charge in [-0.2, -0.15) is 13.2 Å². The molecule has 0 atom stereocenters. The van der Waals surface area contributed by atoms with Crippen LogP contribution in [0.15, 0.2) is 30.5 Å². The quantitative estimate of drug-likeness (QED) is 0.795. The number of aromatic nitrogens is 1. The Labute approximate surface area is 165 Å². The molecule has 150 valence electrons. The van der Waals surface area contributed by atoms with E-state index in [9.17, 15) is 18.0 Å². The van der Waals surface area contributed by atoms with Gasteiger partial charge in [0.05, 0.1) is 16.8 Å². The summed E-state index contributed by atoms with van der Waals surface area (Å²) in [7, 11) is 0. The van der Waals surface area contributed by atoms with Crippen LogP contribution in [0.25, 0.3) is 0 Å². The third-order valence-electron chi connectivity index (χ3n) is 5.26. The lowest BCUT2D eigenvalue weighted by atomic mass is 10.0. The number of rotatable bonds is 5. The number of likely N-dealkylation sites (tertiary alicyclic amines) is 1. The molecule has 0 spiro atoms. The van der Waals surface area contributed by atoms with Gasteiger partial charge in [0.15, 0.2) is 0 Å². The van der Waals surface area contributed by atoms with Gasteiger partial charge in [-0.15, -0.1) is 11.3 Å². The molecule has 1 aromatic carbocycles. The minimum absolute atomic E-state index is 0.0688. The number of carbonyl (C=O) groups excluding carboxylic acids is 1. The third-order valence-corrected chi connectivity index (χ3v) is 6.42. The molecule has 2 fully saturated rings. The Morgan fingerprint density at radius 2 is 1.96 bits per heavy atom. The number of alkyl halides is 3. The average Bonchev–Trinajstić information content (AvgIpc) is 3.39. The fourth-order valence-corrected chi connectivity index (χ4v) is 4.50. The lowest BCUT2D eigenvalue weighted by Gasteiger charge is -2.32. The molecule has 28 heavy (non-hydrogen) atoms. The number of benzene rings is 1. The topological polar surface area (TPSA) is 45.2 Å². The molecule has 0 radical (unpaired) electrons. The summed E-state index contributed by atoms with van der Waals surface area (Å²) >= 11 is 1.48. The van der Waals surface area contributed by atoms with E-state index in [0.717, 1.165) is 37.0 Å². The molecule has 8 heteroatoms. The molecule has 1 aliphatic heterocycles. The van der Waals surface area contributed by atoms with Crippen molar-refractivity contribution in [2.75, 3.05) is 13.1 Å². The number of hydrogen-bond donors (Lipinski definition) is 1. The molecule has 2 aromatic rings. The number of carbonyl (C=O) groups is 1. The van der Waals surface area contributed by atoms with E-state index in [0.29, 0.717) is 22.9 Å². The fourth-order valence-electron chi connectivity index (χ4n) is 3.51. The number of halogens is 3. The predicted octanol–water partition coefficient (Wildman–Crippen LogP) is 4.43. The summed E-state index contributed by atoms with van der Waals surface area (Å²) in [5.74, 6) is 0.478. The molecule has 1 saturated heterocycles. The minimum Gasteiger partial charge on any atom is -0.348 e. The van der Waals surface area contributed by atoms with Crippen molar-refractivity contribution >= 4 is 17.2 Å². The van der Waals surface area contributed by atoms with Crippen molar-refractivity contribution in [2.24, 2.45) is 0 Å². The predicted molar refractivity (Wildman–Crippen MR) is 101 cm³/mol. The standard InChI is InChI=1S/C20H22F3N3OS/c21-20(22,23)15-3-1-2-13(10-15)12-26-8-6-16(7-9-26)25-18(27)17-11-24-19(28-17)14-4-5-14/h1-3,10-11,14,16H,4-9,12H2,(H,25,27). The van der Waals surface area contributed by atoms with Gasteiger partial charge < -0.3 is 5.32 Å². The zero-order valence-electron chi connectivity index (χ0n) is 15.3. The number of amides is 1. The van der Waals surface area contributed by atoms with Gasteiger partial charge in [0.2, 0.25) is 0 Å². The molecule has 2 heterocycles. The first kappa shape index (κ1) is 19.4. The summed E-state index contributed by atoms with van der Waals surface area (Å²) in [6, 6.07) is 5.59. The zero-order valence-corrected chi connectivity index (χ0v) is 16.2. The van der Waals surface area contributed by atoms with Crippen molar-refractivity contribution in [2.45, 2.75) is 50.4 Å². The molecular weight excluding hydrogens is 387 g/mol. The van der Waals surface area contributed by atoms with Crippen molar-refractivity contribution in [3.63, 3.8) is 0 Å². The van der Waals surface area contributed by atoms with Crippen molar-refractivity contribution in [1.29, 1.82) is 0 Å². The van der Waals surface area contributed by atoms with E-state index in [-0.39, 0.29) is 11.9 Å². The third kappa shape index (κ3) is 4.72. The molecular formula is C20H22F3N3OS. The van der Waals surface area contributed by atoms with Crippen LogP contribution in [-0.4, -0.2) is 34.9 Å². The summed E-state index contributed by atoms with van der Waals surface area (Å²) in [4.78, 5) is 19.6. The van der Waals surface area contributed by atoms with Gasteiger partial charge in [-0.3, -0.25) is 9.69 Å². The first-order chi connectivity index (χ1) is 13.4. The van der Waals surface area contributed by atoms with Crippen LogP contribution >= 0.6 is 11.3 Å². The van der Waals surface area contributed by atoms with E-state index >= 15 is 0 Å². The molecule has 1 aromatic heterocycles. The minimum atomic E-state index is -4.32. The Kier molecular flexibility index (Phi) is 5.42. The summed E-state index contributed by atoms with van der Waals surface area (Å²) < 4.78 is 38.6. The second kappa shape index (κ2) is 7.83. The largest absolute Gasteiger partial charge is 0.416 e. The molecule has 4 rings (SSSR count). The van der Waals surface area contributed by atoms with Gasteiger partial charge in [0, 0.05) is 31.6 Å². The molecule has 2 aliphatic rings. The first-order valence-electron chi connectivity index (χ1n) is 9.53. The number of nitrogens with one attached hydrogen (secondary N) is 1. The summed E-state index contributed by atoms with van der Waals surface area (Å²) in [5.41, 5.74) is 0.0526. The van der Waals surface area contributed by atoms with Crippen LogP contribution < -0.4 is 5.32 Å². The maximum atomic E-state index is 12.9. The van der Waals surface area contributed by atoms with Crippen molar-refractivity contribution in [3.8, 4) is 0 Å². The highest BCUT2D eigenvalue weighted by atomic mass is 32.1. The van der Waals surface area contributed by atoms with Crippen LogP contribution in [0.1, 0.15) is 57.4 Å². The van der Waals surface area contributed by atoms with Crippen LogP contribution in [0, 0.1) is 0 Å². The van der Waals surface area contributed by atoms with E-state index < -0.39 is 11.7 Å². The fraction of sp³-hybridized carbons (Fsp3) is 0.500. The summed E-state index contributed by atoms with van der Waals surface area (Å²) in [5, 5.41) is 4.13. The van der Waals surface area contributed by atoms with Crippen molar-refractivity contribution < 1.29 is 18.0 Å². The highest BCUT2D eigenvalue weighted by molar-refractivity contribution is 7.13. The van der Waals surface area contributed by atoms with Crippen molar-refractivity contribution in [1.82, 2.24) is 15.2 Å². The van der Waals surface area contributed by atoms with Gasteiger partial charge in [0.25, 0.3) is 5.91 Å². The number of piperidine rings is 1. The monoisotopic (exact) mass is 409 g/mol. The molecule has 0 unspecified atom stereocenters. The number of hydrogen-bond acceptors (Lipinski definition) is 4. The van der Waals surface area contributed by atoms with Crippen molar-refractivity contribution in [3.05, 3.63) is 51.5 Å². The van der Waals surface area contributed by atoms with E-state index in [1.165, 1.54) is 36.3 Å². The Morgan fingerprint density at radius 3 is 2.64 bits per heavy atom. The average molecular weight is 409 g/mol. The SMILES string of the molecule is O=C(NC1CCN(Cc2cccc(C(F)(F)F)c2)CC1)c1cnc(C2CC2)s1. The molecule has 0 bridgehead atoms. The van der Waals surface area contributed by atoms with Gasteiger partial charge >= 0.3 is 6.18 Å². The van der Waals surface area contributed by atoms with Gasteiger partial charge in [-0.05, 0) is 37.3 Å². The lowest BCUT2D eigenvalue weighted by Crippen LogP contribution is -2.44. The number of nitrogens with zero attached hydrogens (tertiary/aromatic N) is 2. The Balaban J connectivity index is 1.27. The van der Waals surface area contributed by atoms with Crippen LogP contribution in [0.5, 0.6) is 0 Å². The molecule has 1 amide bonds. The summed E-state index contributed by atoms with van der Waals surface area (Å²) in [6.45, 7) is 1.98. The normalized spacial score (nSPS) is 19.0. The smallest absolute Gasteiger partial charge is 0.348 e. The zero-order chi connectivity index (χ0) is 19.7. The van der Waals surface area contributed by atoms with E-state index in [1.807, 2.05) is 0 Å². The molecule has 4 nitrogen and oxygen atoms in total. The van der Waals surface area contributed by atoms with Gasteiger partial charge in [0.1, 0.15) is 4.88 Å². The lowest BCUT2D eigenvalue weighted by molar-refractivity contribution is -0.137. The molecule has 1 saturated carbocycles. The van der Waals surface area contributed by atoms with Gasteiger partial charge in [-0.1, -0.05) is 18.2 Å². The Hall–Kier alpha value is -1.93. The molecule has 1 N–H and O–H groups in total. The maximum Gasteiger partial charge on any atom is 0.416 e. The van der Waals surface area contributed by atoms with Crippen LogP contribution in [0.3, 0.4) is 0 Å². The molecule has 1 aliphatic carbocycles. The first-order valence-corrected chi connectivity index (χ1v) is 10.4. The number of thiazole rings is 1. The van der Waals surface area contributed by atoms with Crippen LogP contribution in [-0.2, 0) is 12.7 Å². The van der Waals surface area contributed by atoms with Crippen LogP contribution in [0.4, 0.5) is 13.2 Å². The second-order valence-corrected chi connectivity index (χ2v) is 8.62. The van der Waals surface area contributed by atoms with Crippen LogP contribution in [0.2, 0.25) is 0 Å². The highest BCUT2D eigenvalue weighted by Crippen LogP contribution is 2.41. The van der Waals surface area contributed by atoms with E-state index in [1.54, 1.807) is 12.3 Å². The maximum absolute atomic E-state index is 12.9.